The van der Waals surface area contributed by atoms with Gasteiger partial charge in [0.25, 0.3) is 5.56 Å². The Balaban J connectivity index is 1.77. The highest BCUT2D eigenvalue weighted by Gasteiger charge is 2.29. The molecule has 1 aliphatic rings. The second kappa shape index (κ2) is 6.58. The van der Waals surface area contributed by atoms with E-state index in [0.29, 0.717) is 23.9 Å². The normalized spacial score (nSPS) is 18.8. The lowest BCUT2D eigenvalue weighted by Gasteiger charge is -2.29. The minimum atomic E-state index is -3.25. The van der Waals surface area contributed by atoms with Crippen LogP contribution in [0.4, 0.5) is 4.39 Å². The third-order valence-corrected chi connectivity index (χ3v) is 8.08. The SMILES string of the molecule is CS(=O)(=O)N1CCCC(c2nc3c4ccc(F)cc4c4c(=O)[nH]ccc4c3s2)C1. The Morgan fingerprint density at radius 2 is 2.07 bits per heavy atom. The van der Waals surface area contributed by atoms with Gasteiger partial charge < -0.3 is 4.98 Å². The summed E-state index contributed by atoms with van der Waals surface area (Å²) in [6, 6.07) is 6.22. The second-order valence-electron chi connectivity index (χ2n) is 7.48. The zero-order valence-corrected chi connectivity index (χ0v) is 17.2. The molecule has 29 heavy (non-hydrogen) atoms. The summed E-state index contributed by atoms with van der Waals surface area (Å²) in [4.78, 5) is 20.1. The van der Waals surface area contributed by atoms with Crippen LogP contribution in [0.5, 0.6) is 0 Å². The Kier molecular flexibility index (Phi) is 4.23. The molecule has 1 fully saturated rings. The lowest BCUT2D eigenvalue weighted by atomic mass is 10.00. The molecule has 2 aromatic heterocycles. The minimum absolute atomic E-state index is 0.00317. The zero-order valence-electron chi connectivity index (χ0n) is 15.6. The van der Waals surface area contributed by atoms with Gasteiger partial charge >= 0.3 is 0 Å². The molecule has 150 valence electrons. The molecule has 1 aliphatic heterocycles. The molecule has 0 radical (unpaired) electrons. The number of nitrogens with one attached hydrogen (secondary N) is 1. The van der Waals surface area contributed by atoms with E-state index in [4.69, 9.17) is 4.98 Å². The van der Waals surface area contributed by atoms with Gasteiger partial charge in [-0.2, -0.15) is 0 Å². The van der Waals surface area contributed by atoms with Crippen molar-refractivity contribution < 1.29 is 12.8 Å². The predicted molar refractivity (Wildman–Crippen MR) is 114 cm³/mol. The number of benzene rings is 2. The number of hydrogen-bond acceptors (Lipinski definition) is 5. The van der Waals surface area contributed by atoms with Crippen LogP contribution >= 0.6 is 11.3 Å². The van der Waals surface area contributed by atoms with E-state index in [1.165, 1.54) is 34.0 Å². The van der Waals surface area contributed by atoms with Crippen LogP contribution in [0.15, 0.2) is 35.3 Å². The predicted octanol–water partition coefficient (Wildman–Crippen LogP) is 3.57. The molecular weight excluding hydrogens is 413 g/mol. The number of nitrogens with zero attached hydrogens (tertiary/aromatic N) is 2. The van der Waals surface area contributed by atoms with Gasteiger partial charge in [0.2, 0.25) is 10.0 Å². The molecule has 0 saturated carbocycles. The third-order valence-electron chi connectivity index (χ3n) is 5.56. The summed E-state index contributed by atoms with van der Waals surface area (Å²) in [5, 5.41) is 3.30. The number of aromatic nitrogens is 2. The summed E-state index contributed by atoms with van der Waals surface area (Å²) in [6.45, 7) is 0.935. The molecular formula is C20H18FN3O3S2. The highest BCUT2D eigenvalue weighted by atomic mass is 32.2. The van der Waals surface area contributed by atoms with Gasteiger partial charge in [-0.15, -0.1) is 11.3 Å². The first kappa shape index (κ1) is 18.7. The minimum Gasteiger partial charge on any atom is -0.329 e. The number of rotatable bonds is 2. The number of halogens is 1. The third kappa shape index (κ3) is 3.04. The molecule has 3 heterocycles. The van der Waals surface area contributed by atoms with Gasteiger partial charge in [-0.3, -0.25) is 4.79 Å². The number of sulfonamides is 1. The van der Waals surface area contributed by atoms with Crippen LogP contribution in [0.3, 0.4) is 0 Å². The van der Waals surface area contributed by atoms with Crippen LogP contribution in [-0.4, -0.2) is 42.0 Å². The summed E-state index contributed by atoms with van der Waals surface area (Å²) in [5.74, 6) is -0.406. The van der Waals surface area contributed by atoms with E-state index in [-0.39, 0.29) is 11.5 Å². The van der Waals surface area contributed by atoms with E-state index in [1.54, 1.807) is 12.3 Å². The highest BCUT2D eigenvalue weighted by Crippen LogP contribution is 2.40. The first-order chi connectivity index (χ1) is 13.8. The number of aromatic amines is 1. The van der Waals surface area contributed by atoms with Crippen LogP contribution < -0.4 is 5.56 Å². The van der Waals surface area contributed by atoms with Crippen molar-refractivity contribution in [3.8, 4) is 0 Å². The summed E-state index contributed by atoms with van der Waals surface area (Å²) in [7, 11) is -3.25. The maximum absolute atomic E-state index is 14.0. The van der Waals surface area contributed by atoms with Gasteiger partial charge in [0.15, 0.2) is 0 Å². The van der Waals surface area contributed by atoms with Gasteiger partial charge in [-0.05, 0) is 37.1 Å². The number of piperidine rings is 1. The molecule has 5 rings (SSSR count). The molecule has 6 nitrogen and oxygen atoms in total. The summed E-state index contributed by atoms with van der Waals surface area (Å²) in [6.07, 6.45) is 4.45. The maximum Gasteiger partial charge on any atom is 0.256 e. The smallest absolute Gasteiger partial charge is 0.256 e. The molecule has 1 N–H and O–H groups in total. The fraction of sp³-hybridized carbons (Fsp3) is 0.300. The van der Waals surface area contributed by atoms with Crippen molar-refractivity contribution in [3.63, 3.8) is 0 Å². The fourth-order valence-electron chi connectivity index (χ4n) is 4.19. The van der Waals surface area contributed by atoms with Gasteiger partial charge in [-0.25, -0.2) is 22.1 Å². The van der Waals surface area contributed by atoms with E-state index >= 15 is 0 Å². The van der Waals surface area contributed by atoms with Crippen molar-refractivity contribution >= 4 is 53.1 Å². The number of H-pyrrole nitrogens is 1. The van der Waals surface area contributed by atoms with Crippen LogP contribution in [0.1, 0.15) is 23.8 Å². The van der Waals surface area contributed by atoms with Crippen molar-refractivity contribution in [2.75, 3.05) is 19.3 Å². The largest absolute Gasteiger partial charge is 0.329 e. The fourth-order valence-corrected chi connectivity index (χ4v) is 6.34. The van der Waals surface area contributed by atoms with Crippen LogP contribution in [0.25, 0.3) is 31.8 Å². The monoisotopic (exact) mass is 431 g/mol. The van der Waals surface area contributed by atoms with Gasteiger partial charge in [0, 0.05) is 41.4 Å². The molecule has 0 bridgehead atoms. The van der Waals surface area contributed by atoms with E-state index in [0.717, 1.165) is 38.8 Å². The van der Waals surface area contributed by atoms with Crippen LogP contribution in [0.2, 0.25) is 0 Å². The summed E-state index contributed by atoms with van der Waals surface area (Å²) in [5.41, 5.74) is 0.463. The standard InChI is InChI=1S/C20H18FN3O3S2/c1-29(26,27)24-8-2-3-11(10-24)20-23-17-13-5-4-12(21)9-15(13)16-14(18(17)28-20)6-7-22-19(16)25/h4-7,9,11H,2-3,8,10H2,1H3,(H,22,25). The average molecular weight is 432 g/mol. The van der Waals surface area contributed by atoms with E-state index < -0.39 is 15.8 Å². The first-order valence-electron chi connectivity index (χ1n) is 9.31. The van der Waals surface area contributed by atoms with Crippen molar-refractivity contribution in [2.24, 2.45) is 0 Å². The Morgan fingerprint density at radius 3 is 2.86 bits per heavy atom. The Labute approximate surface area is 170 Å². The van der Waals surface area contributed by atoms with Crippen molar-refractivity contribution in [1.29, 1.82) is 0 Å². The van der Waals surface area contributed by atoms with E-state index in [2.05, 4.69) is 4.98 Å². The maximum atomic E-state index is 14.0. The molecule has 1 atom stereocenters. The quantitative estimate of drug-likeness (QED) is 0.492. The van der Waals surface area contributed by atoms with Crippen LogP contribution in [-0.2, 0) is 10.0 Å². The summed E-state index contributed by atoms with van der Waals surface area (Å²) >= 11 is 1.49. The van der Waals surface area contributed by atoms with E-state index in [1.807, 2.05) is 6.07 Å². The molecule has 2 aromatic carbocycles. The number of fused-ring (bicyclic) bond motifs is 6. The van der Waals surface area contributed by atoms with Crippen molar-refractivity contribution in [3.05, 3.63) is 51.6 Å². The molecule has 0 amide bonds. The number of pyridine rings is 1. The topological polar surface area (TPSA) is 83.1 Å². The molecule has 0 aliphatic carbocycles. The Hall–Kier alpha value is -2.36. The molecule has 1 saturated heterocycles. The van der Waals surface area contributed by atoms with Gasteiger partial charge in [0.1, 0.15) is 5.82 Å². The van der Waals surface area contributed by atoms with Gasteiger partial charge in [0.05, 0.1) is 26.9 Å². The number of thiazole rings is 1. The van der Waals surface area contributed by atoms with Crippen LogP contribution in [0, 0.1) is 5.82 Å². The lowest BCUT2D eigenvalue weighted by Crippen LogP contribution is -2.38. The second-order valence-corrected chi connectivity index (χ2v) is 10.5. The molecule has 0 spiro atoms. The molecule has 1 unspecified atom stereocenters. The highest BCUT2D eigenvalue weighted by molar-refractivity contribution is 7.88. The first-order valence-corrected chi connectivity index (χ1v) is 12.0. The number of hydrogen-bond donors (Lipinski definition) is 1. The average Bonchev–Trinajstić information content (AvgIpc) is 3.13. The zero-order chi connectivity index (χ0) is 20.3. The van der Waals surface area contributed by atoms with Crippen molar-refractivity contribution in [2.45, 2.75) is 18.8 Å². The van der Waals surface area contributed by atoms with Crippen molar-refractivity contribution in [1.82, 2.24) is 14.3 Å². The molecule has 4 aromatic rings. The van der Waals surface area contributed by atoms with E-state index in [9.17, 15) is 17.6 Å². The summed E-state index contributed by atoms with van der Waals surface area (Å²) < 4.78 is 40.3. The molecule has 9 heteroatoms. The van der Waals surface area contributed by atoms with Gasteiger partial charge in [-0.1, -0.05) is 0 Å². The lowest BCUT2D eigenvalue weighted by molar-refractivity contribution is 0.317. The Bertz CT molecular complexity index is 1440. The Morgan fingerprint density at radius 1 is 1.24 bits per heavy atom.